The third-order valence-electron chi connectivity index (χ3n) is 4.88. The highest BCUT2D eigenvalue weighted by Crippen LogP contribution is 2.60. The van der Waals surface area contributed by atoms with E-state index in [0.717, 1.165) is 25.6 Å². The van der Waals surface area contributed by atoms with Crippen molar-refractivity contribution < 1.29 is 4.79 Å². The molecule has 0 aromatic rings. The van der Waals surface area contributed by atoms with Gasteiger partial charge < -0.3 is 10.6 Å². The van der Waals surface area contributed by atoms with Crippen LogP contribution in [0.3, 0.4) is 0 Å². The molecule has 0 aromatic carbocycles. The molecule has 1 saturated heterocycles. The van der Waals surface area contributed by atoms with Crippen LogP contribution in [0, 0.1) is 23.2 Å². The summed E-state index contributed by atoms with van der Waals surface area (Å²) >= 11 is 0. The van der Waals surface area contributed by atoms with E-state index >= 15 is 0 Å². The molecule has 0 radical (unpaired) electrons. The largest absolute Gasteiger partial charge is 0.355 e. The number of hydrogen-bond acceptors (Lipinski definition) is 2. The fraction of sp³-hybridized carbons (Fsp3) is 0.923. The summed E-state index contributed by atoms with van der Waals surface area (Å²) in [6.45, 7) is 5.04. The van der Waals surface area contributed by atoms with Crippen molar-refractivity contribution in [1.29, 1.82) is 0 Å². The van der Waals surface area contributed by atoms with Crippen LogP contribution in [0.15, 0.2) is 0 Å². The van der Waals surface area contributed by atoms with Crippen molar-refractivity contribution in [2.45, 2.75) is 32.6 Å². The van der Waals surface area contributed by atoms with Gasteiger partial charge in [0.15, 0.2) is 0 Å². The molecule has 16 heavy (non-hydrogen) atoms. The molecule has 0 aromatic heterocycles. The molecule has 1 aliphatic heterocycles. The highest BCUT2D eigenvalue weighted by molar-refractivity contribution is 5.78. The molecule has 3 heteroatoms. The summed E-state index contributed by atoms with van der Waals surface area (Å²) in [5.41, 5.74) is 0.535. The Kier molecular flexibility index (Phi) is 2.46. The zero-order chi connectivity index (χ0) is 11.2. The summed E-state index contributed by atoms with van der Waals surface area (Å²) in [7, 11) is 0. The Morgan fingerprint density at radius 1 is 1.44 bits per heavy atom. The third-order valence-corrected chi connectivity index (χ3v) is 4.88. The van der Waals surface area contributed by atoms with Crippen LogP contribution in [0.1, 0.15) is 32.6 Å². The van der Waals surface area contributed by atoms with Gasteiger partial charge in [0.1, 0.15) is 0 Å². The van der Waals surface area contributed by atoms with Crippen molar-refractivity contribution in [2.24, 2.45) is 23.2 Å². The van der Waals surface area contributed by atoms with Crippen LogP contribution in [0.25, 0.3) is 0 Å². The van der Waals surface area contributed by atoms with Crippen molar-refractivity contribution in [1.82, 2.24) is 10.6 Å². The van der Waals surface area contributed by atoms with Gasteiger partial charge >= 0.3 is 0 Å². The standard InChI is InChI=1S/C13H22N2O/c1-9(10-6-14-7-10)12(16)15-8-13(4-5-13)11-2-3-11/h9-11,14H,2-8H2,1H3,(H,15,16). The molecule has 0 spiro atoms. The van der Waals surface area contributed by atoms with Gasteiger partial charge in [-0.15, -0.1) is 0 Å². The van der Waals surface area contributed by atoms with E-state index in [1.807, 2.05) is 0 Å². The number of amides is 1. The zero-order valence-electron chi connectivity index (χ0n) is 10.1. The number of hydrogen-bond donors (Lipinski definition) is 2. The summed E-state index contributed by atoms with van der Waals surface area (Å²) in [6.07, 6.45) is 5.49. The second kappa shape index (κ2) is 3.73. The van der Waals surface area contributed by atoms with E-state index in [0.29, 0.717) is 11.3 Å². The van der Waals surface area contributed by atoms with Crippen molar-refractivity contribution in [3.63, 3.8) is 0 Å². The van der Waals surface area contributed by atoms with Crippen LogP contribution < -0.4 is 10.6 Å². The Bertz CT molecular complexity index is 290. The minimum absolute atomic E-state index is 0.191. The molecule has 3 nitrogen and oxygen atoms in total. The maximum Gasteiger partial charge on any atom is 0.223 e. The van der Waals surface area contributed by atoms with Gasteiger partial charge in [0.05, 0.1) is 0 Å². The Balaban J connectivity index is 1.45. The fourth-order valence-electron chi connectivity index (χ4n) is 2.89. The van der Waals surface area contributed by atoms with Crippen molar-refractivity contribution in [3.8, 4) is 0 Å². The average Bonchev–Trinajstić information content (AvgIpc) is 3.01. The minimum Gasteiger partial charge on any atom is -0.355 e. The summed E-state index contributed by atoms with van der Waals surface area (Å²) in [6, 6.07) is 0. The normalized spacial score (nSPS) is 29.3. The molecule has 3 rings (SSSR count). The Morgan fingerprint density at radius 2 is 2.12 bits per heavy atom. The van der Waals surface area contributed by atoms with Crippen LogP contribution >= 0.6 is 0 Å². The first-order valence-electron chi connectivity index (χ1n) is 6.70. The SMILES string of the molecule is CC(C(=O)NCC1(C2CC2)CC1)C1CNC1. The predicted octanol–water partition coefficient (Wildman–Crippen LogP) is 1.15. The third kappa shape index (κ3) is 1.86. The van der Waals surface area contributed by atoms with Gasteiger partial charge in [-0.1, -0.05) is 6.92 Å². The average molecular weight is 222 g/mol. The van der Waals surface area contributed by atoms with E-state index in [-0.39, 0.29) is 11.8 Å². The molecule has 2 aliphatic carbocycles. The van der Waals surface area contributed by atoms with Crippen molar-refractivity contribution in [2.75, 3.05) is 19.6 Å². The Morgan fingerprint density at radius 3 is 2.56 bits per heavy atom. The van der Waals surface area contributed by atoms with Gasteiger partial charge in [-0.3, -0.25) is 4.79 Å². The summed E-state index contributed by atoms with van der Waals surface area (Å²) < 4.78 is 0. The molecule has 90 valence electrons. The molecular weight excluding hydrogens is 200 g/mol. The molecule has 1 amide bonds. The Hall–Kier alpha value is -0.570. The van der Waals surface area contributed by atoms with Gasteiger partial charge in [0, 0.05) is 12.5 Å². The van der Waals surface area contributed by atoms with E-state index in [1.54, 1.807) is 0 Å². The van der Waals surface area contributed by atoms with Gasteiger partial charge in [-0.25, -0.2) is 0 Å². The predicted molar refractivity (Wildman–Crippen MR) is 62.9 cm³/mol. The second-order valence-electron chi connectivity index (χ2n) is 6.06. The van der Waals surface area contributed by atoms with E-state index in [4.69, 9.17) is 0 Å². The Labute approximate surface area is 97.4 Å². The lowest BCUT2D eigenvalue weighted by atomic mass is 9.88. The summed E-state index contributed by atoms with van der Waals surface area (Å²) in [5, 5.41) is 6.42. The summed E-state index contributed by atoms with van der Waals surface area (Å²) in [5.74, 6) is 1.97. The van der Waals surface area contributed by atoms with Crippen LogP contribution in [-0.4, -0.2) is 25.5 Å². The number of rotatable bonds is 5. The van der Waals surface area contributed by atoms with E-state index in [9.17, 15) is 4.79 Å². The second-order valence-corrected chi connectivity index (χ2v) is 6.06. The maximum absolute atomic E-state index is 12.0. The van der Waals surface area contributed by atoms with E-state index in [1.165, 1.54) is 25.7 Å². The molecular formula is C13H22N2O. The first-order valence-corrected chi connectivity index (χ1v) is 6.70. The monoisotopic (exact) mass is 222 g/mol. The molecule has 1 unspecified atom stereocenters. The molecule has 2 saturated carbocycles. The lowest BCUT2D eigenvalue weighted by Crippen LogP contribution is -2.50. The van der Waals surface area contributed by atoms with Crippen molar-refractivity contribution in [3.05, 3.63) is 0 Å². The smallest absolute Gasteiger partial charge is 0.223 e. The molecule has 3 fully saturated rings. The van der Waals surface area contributed by atoms with Gasteiger partial charge in [0.25, 0.3) is 0 Å². The van der Waals surface area contributed by atoms with Crippen molar-refractivity contribution >= 4 is 5.91 Å². The molecule has 1 atom stereocenters. The molecule has 0 bridgehead atoms. The molecule has 2 N–H and O–H groups in total. The van der Waals surface area contributed by atoms with Gasteiger partial charge in [-0.2, -0.15) is 0 Å². The minimum atomic E-state index is 0.191. The van der Waals surface area contributed by atoms with Crippen LogP contribution in [0.2, 0.25) is 0 Å². The first kappa shape index (κ1) is 10.6. The van der Waals surface area contributed by atoms with Crippen LogP contribution in [0.5, 0.6) is 0 Å². The zero-order valence-corrected chi connectivity index (χ0v) is 10.1. The van der Waals surface area contributed by atoms with Crippen LogP contribution in [-0.2, 0) is 4.79 Å². The first-order chi connectivity index (χ1) is 7.71. The highest BCUT2D eigenvalue weighted by Gasteiger charge is 2.53. The molecule has 3 aliphatic rings. The maximum atomic E-state index is 12.0. The summed E-state index contributed by atoms with van der Waals surface area (Å²) in [4.78, 5) is 12.0. The van der Waals surface area contributed by atoms with Crippen LogP contribution in [0.4, 0.5) is 0 Å². The van der Waals surface area contributed by atoms with E-state index in [2.05, 4.69) is 17.6 Å². The highest BCUT2D eigenvalue weighted by atomic mass is 16.1. The van der Waals surface area contributed by atoms with E-state index < -0.39 is 0 Å². The quantitative estimate of drug-likeness (QED) is 0.732. The number of carbonyl (C=O) groups excluding carboxylic acids is 1. The lowest BCUT2D eigenvalue weighted by Gasteiger charge is -2.32. The van der Waals surface area contributed by atoms with Gasteiger partial charge in [0.2, 0.25) is 5.91 Å². The fourth-order valence-corrected chi connectivity index (χ4v) is 2.89. The topological polar surface area (TPSA) is 41.1 Å². The lowest BCUT2D eigenvalue weighted by molar-refractivity contribution is -0.127. The number of nitrogens with one attached hydrogen (secondary N) is 2. The molecule has 1 heterocycles. The number of carbonyl (C=O) groups is 1. The van der Waals surface area contributed by atoms with Gasteiger partial charge in [-0.05, 0) is 56.0 Å².